The molecule has 0 saturated carbocycles. The second-order valence-corrected chi connectivity index (χ2v) is 6.76. The fourth-order valence-electron chi connectivity index (χ4n) is 2.76. The van der Waals surface area contributed by atoms with E-state index in [-0.39, 0.29) is 18.4 Å². The molecule has 1 aromatic rings. The number of hydrogen-bond donors (Lipinski definition) is 2. The van der Waals surface area contributed by atoms with E-state index in [2.05, 4.69) is 5.32 Å². The number of aliphatic hydroxyl groups excluding tert-OH is 1. The molecule has 1 amide bonds. The monoisotopic (exact) mass is 401 g/mol. The van der Waals surface area contributed by atoms with Gasteiger partial charge in [-0.25, -0.2) is 0 Å². The summed E-state index contributed by atoms with van der Waals surface area (Å²) in [5, 5.41) is 11.4. The van der Waals surface area contributed by atoms with Gasteiger partial charge in [0, 0.05) is 19.3 Å². The first-order chi connectivity index (χ1) is 13.1. The maximum absolute atomic E-state index is 13.1. The van der Waals surface area contributed by atoms with Crippen molar-refractivity contribution in [3.8, 4) is 0 Å². The highest BCUT2D eigenvalue weighted by Crippen LogP contribution is 2.33. The quantitative estimate of drug-likeness (QED) is 0.597. The van der Waals surface area contributed by atoms with E-state index in [1.165, 1.54) is 19.1 Å². The van der Waals surface area contributed by atoms with Crippen molar-refractivity contribution < 1.29 is 32.7 Å². The van der Waals surface area contributed by atoms with Gasteiger partial charge in [-0.3, -0.25) is 14.4 Å². The van der Waals surface area contributed by atoms with E-state index in [4.69, 9.17) is 5.11 Å². The van der Waals surface area contributed by atoms with E-state index in [0.29, 0.717) is 18.4 Å². The maximum Gasteiger partial charge on any atom is 0.416 e. The molecule has 0 aromatic heterocycles. The van der Waals surface area contributed by atoms with Crippen LogP contribution in [0.1, 0.15) is 55.7 Å². The van der Waals surface area contributed by atoms with Crippen molar-refractivity contribution in [3.63, 3.8) is 0 Å². The SMILES string of the molecule is CCCCC(NC(=O)CCC(=O)Cc1ccc(C)cc1C(F)(F)F)C(=O)CO. The van der Waals surface area contributed by atoms with E-state index in [9.17, 15) is 27.6 Å². The Balaban J connectivity index is 2.65. The van der Waals surface area contributed by atoms with Crippen LogP contribution in [-0.2, 0) is 27.0 Å². The lowest BCUT2D eigenvalue weighted by atomic mass is 9.98. The number of benzene rings is 1. The summed E-state index contributed by atoms with van der Waals surface area (Å²) in [7, 11) is 0. The molecule has 0 aliphatic carbocycles. The minimum atomic E-state index is -4.56. The summed E-state index contributed by atoms with van der Waals surface area (Å²) in [5.41, 5.74) is -0.534. The number of ketones is 2. The zero-order valence-electron chi connectivity index (χ0n) is 16.1. The Kier molecular flexibility index (Phi) is 9.31. The molecular weight excluding hydrogens is 375 g/mol. The van der Waals surface area contributed by atoms with Gasteiger partial charge in [0.05, 0.1) is 11.6 Å². The number of halogens is 3. The molecule has 1 atom stereocenters. The molecule has 1 aromatic carbocycles. The van der Waals surface area contributed by atoms with Crippen LogP contribution >= 0.6 is 0 Å². The molecule has 0 heterocycles. The molecule has 0 fully saturated rings. The molecular formula is C20H26F3NO4. The highest BCUT2D eigenvalue weighted by molar-refractivity contribution is 5.91. The van der Waals surface area contributed by atoms with Crippen molar-refractivity contribution in [1.29, 1.82) is 0 Å². The summed E-state index contributed by atoms with van der Waals surface area (Å²) < 4.78 is 39.4. The third-order valence-corrected chi connectivity index (χ3v) is 4.32. The van der Waals surface area contributed by atoms with Crippen LogP contribution in [0.25, 0.3) is 0 Å². The largest absolute Gasteiger partial charge is 0.416 e. The molecule has 28 heavy (non-hydrogen) atoms. The molecule has 0 saturated heterocycles. The van der Waals surface area contributed by atoms with Crippen LogP contribution in [0.15, 0.2) is 18.2 Å². The predicted octanol–water partition coefficient (Wildman–Crippen LogP) is 3.14. The predicted molar refractivity (Wildman–Crippen MR) is 97.7 cm³/mol. The van der Waals surface area contributed by atoms with E-state index >= 15 is 0 Å². The van der Waals surface area contributed by atoms with Gasteiger partial charge in [-0.2, -0.15) is 13.2 Å². The van der Waals surface area contributed by atoms with Gasteiger partial charge >= 0.3 is 6.18 Å². The van der Waals surface area contributed by atoms with E-state index in [0.717, 1.165) is 12.5 Å². The molecule has 8 heteroatoms. The Morgan fingerprint density at radius 3 is 2.43 bits per heavy atom. The lowest BCUT2D eigenvalue weighted by molar-refractivity contribution is -0.138. The Morgan fingerprint density at radius 2 is 1.86 bits per heavy atom. The summed E-state index contributed by atoms with van der Waals surface area (Å²) in [5.74, 6) is -1.55. The van der Waals surface area contributed by atoms with Gasteiger partial charge in [0.25, 0.3) is 0 Å². The third-order valence-electron chi connectivity index (χ3n) is 4.32. The van der Waals surface area contributed by atoms with Gasteiger partial charge in [0.2, 0.25) is 5.91 Å². The molecule has 0 spiro atoms. The van der Waals surface area contributed by atoms with E-state index in [1.807, 2.05) is 6.92 Å². The number of carbonyl (C=O) groups is 3. The zero-order valence-corrected chi connectivity index (χ0v) is 16.1. The number of Topliss-reactive ketones (excluding diaryl/α,β-unsaturated/α-hetero) is 2. The van der Waals surface area contributed by atoms with Gasteiger partial charge in [-0.1, -0.05) is 37.5 Å². The average molecular weight is 401 g/mol. The molecule has 1 rings (SSSR count). The molecule has 0 radical (unpaired) electrons. The number of hydrogen-bond acceptors (Lipinski definition) is 4. The Labute approximate surface area is 162 Å². The van der Waals surface area contributed by atoms with Crippen LogP contribution in [-0.4, -0.2) is 35.2 Å². The Morgan fingerprint density at radius 1 is 1.18 bits per heavy atom. The third kappa shape index (κ3) is 7.80. The van der Waals surface area contributed by atoms with Gasteiger partial charge < -0.3 is 10.4 Å². The highest BCUT2D eigenvalue weighted by Gasteiger charge is 2.33. The van der Waals surface area contributed by atoms with Crippen molar-refractivity contribution in [1.82, 2.24) is 5.32 Å². The number of rotatable bonds is 11. The summed E-state index contributed by atoms with van der Waals surface area (Å²) in [6.07, 6.45) is -3.57. The molecule has 2 N–H and O–H groups in total. The number of alkyl halides is 3. The van der Waals surface area contributed by atoms with Crippen molar-refractivity contribution in [2.45, 2.75) is 64.6 Å². The second kappa shape index (κ2) is 10.9. The fourth-order valence-corrected chi connectivity index (χ4v) is 2.76. The first-order valence-electron chi connectivity index (χ1n) is 9.19. The topological polar surface area (TPSA) is 83.5 Å². The summed E-state index contributed by atoms with van der Waals surface area (Å²) >= 11 is 0. The van der Waals surface area contributed by atoms with Crippen molar-refractivity contribution in [3.05, 3.63) is 34.9 Å². The van der Waals surface area contributed by atoms with Gasteiger partial charge in [-0.15, -0.1) is 0 Å². The van der Waals surface area contributed by atoms with Crippen LogP contribution in [0.4, 0.5) is 13.2 Å². The van der Waals surface area contributed by atoms with Crippen LogP contribution in [0, 0.1) is 6.92 Å². The normalized spacial score (nSPS) is 12.5. The zero-order chi connectivity index (χ0) is 21.3. The number of carbonyl (C=O) groups excluding carboxylic acids is 3. The number of nitrogens with one attached hydrogen (secondary N) is 1. The average Bonchev–Trinajstić information content (AvgIpc) is 2.63. The maximum atomic E-state index is 13.1. The first kappa shape index (κ1) is 23.8. The van der Waals surface area contributed by atoms with Crippen molar-refractivity contribution in [2.75, 3.05) is 6.61 Å². The standard InChI is InChI=1S/C20H26F3NO4/c1-3-4-5-17(18(27)12-25)24-19(28)9-8-15(26)11-14-7-6-13(2)10-16(14)20(21,22)23/h6-7,10,17,25H,3-5,8-9,11-12H2,1-2H3,(H,24,28). The van der Waals surface area contributed by atoms with Crippen LogP contribution in [0.3, 0.4) is 0 Å². The van der Waals surface area contributed by atoms with E-state index < -0.39 is 48.3 Å². The molecule has 0 aliphatic heterocycles. The number of aryl methyl sites for hydroxylation is 1. The van der Waals surface area contributed by atoms with Crippen molar-refractivity contribution >= 4 is 17.5 Å². The smallest absolute Gasteiger partial charge is 0.389 e. The van der Waals surface area contributed by atoms with Crippen LogP contribution < -0.4 is 5.32 Å². The molecule has 0 bridgehead atoms. The Bertz CT molecular complexity index is 701. The lowest BCUT2D eigenvalue weighted by Crippen LogP contribution is -2.42. The minimum Gasteiger partial charge on any atom is -0.389 e. The first-order valence-corrected chi connectivity index (χ1v) is 9.19. The molecule has 0 aliphatic rings. The number of aliphatic hydroxyl groups is 1. The highest BCUT2D eigenvalue weighted by atomic mass is 19.4. The minimum absolute atomic E-state index is 0.125. The van der Waals surface area contributed by atoms with Crippen molar-refractivity contribution in [2.24, 2.45) is 0 Å². The molecule has 156 valence electrons. The number of unbranched alkanes of at least 4 members (excludes halogenated alkanes) is 1. The summed E-state index contributed by atoms with van der Waals surface area (Å²) in [4.78, 5) is 35.7. The van der Waals surface area contributed by atoms with Gasteiger partial charge in [-0.05, 0) is 25.0 Å². The van der Waals surface area contributed by atoms with Gasteiger partial charge in [0.15, 0.2) is 5.78 Å². The van der Waals surface area contributed by atoms with Crippen LogP contribution in [0.5, 0.6) is 0 Å². The van der Waals surface area contributed by atoms with Gasteiger partial charge in [0.1, 0.15) is 12.4 Å². The summed E-state index contributed by atoms with van der Waals surface area (Å²) in [6, 6.07) is 2.95. The Hall–Kier alpha value is -2.22. The lowest BCUT2D eigenvalue weighted by Gasteiger charge is -2.16. The molecule has 1 unspecified atom stereocenters. The molecule has 5 nitrogen and oxygen atoms in total. The second-order valence-electron chi connectivity index (χ2n) is 6.76. The van der Waals surface area contributed by atoms with E-state index in [1.54, 1.807) is 0 Å². The fraction of sp³-hybridized carbons (Fsp3) is 0.550. The van der Waals surface area contributed by atoms with Crippen LogP contribution in [0.2, 0.25) is 0 Å². The summed E-state index contributed by atoms with van der Waals surface area (Å²) in [6.45, 7) is 2.76. The number of amides is 1.